The van der Waals surface area contributed by atoms with Crippen LogP contribution in [0.15, 0.2) is 49.8 Å². The maximum atomic E-state index is 13.1. The first-order chi connectivity index (χ1) is 9.47. The van der Waals surface area contributed by atoms with Gasteiger partial charge in [0.25, 0.3) is 0 Å². The predicted molar refractivity (Wildman–Crippen MR) is 85.8 cm³/mol. The van der Waals surface area contributed by atoms with Gasteiger partial charge in [0.1, 0.15) is 11.6 Å². The third-order valence-corrected chi connectivity index (χ3v) is 4.09. The highest BCUT2D eigenvalue weighted by atomic mass is 79.9. The normalized spacial score (nSPS) is 10.4. The van der Waals surface area contributed by atoms with E-state index < -0.39 is 5.82 Å². The molecule has 0 aliphatic carbocycles. The number of rotatable bonds is 4. The van der Waals surface area contributed by atoms with Crippen LogP contribution in [-0.4, -0.2) is 12.4 Å². The summed E-state index contributed by atoms with van der Waals surface area (Å²) in [5, 5.41) is 0. The second-order valence-electron chi connectivity index (χ2n) is 3.92. The maximum absolute atomic E-state index is 13.1. The van der Waals surface area contributed by atoms with Crippen LogP contribution in [0.25, 0.3) is 0 Å². The lowest BCUT2D eigenvalue weighted by molar-refractivity contribution is 0.0920. The third-order valence-electron chi connectivity index (χ3n) is 2.46. The summed E-state index contributed by atoms with van der Waals surface area (Å²) in [6.07, 6.45) is 0. The number of ketones is 1. The molecule has 2 aromatic rings. The molecule has 0 radical (unpaired) electrons. The number of carbonyl (C=O) groups is 1. The summed E-state index contributed by atoms with van der Waals surface area (Å²) in [7, 11) is 0. The summed E-state index contributed by atoms with van der Waals surface area (Å²) in [4.78, 5) is 11.9. The summed E-state index contributed by atoms with van der Waals surface area (Å²) in [6, 6.07) is 9.16. The molecule has 0 aliphatic heterocycles. The number of carbonyl (C=O) groups excluding carboxylic acids is 1. The Morgan fingerprint density at radius 3 is 2.35 bits per heavy atom. The van der Waals surface area contributed by atoms with Gasteiger partial charge in [-0.3, -0.25) is 4.79 Å². The van der Waals surface area contributed by atoms with Gasteiger partial charge in [-0.15, -0.1) is 0 Å². The fourth-order valence-electron chi connectivity index (χ4n) is 1.55. The van der Waals surface area contributed by atoms with Crippen molar-refractivity contribution in [2.24, 2.45) is 0 Å². The van der Waals surface area contributed by atoms with Crippen molar-refractivity contribution < 1.29 is 13.9 Å². The lowest BCUT2D eigenvalue weighted by atomic mass is 10.1. The highest BCUT2D eigenvalue weighted by molar-refractivity contribution is 9.11. The van der Waals surface area contributed by atoms with E-state index in [1.807, 2.05) is 12.1 Å². The van der Waals surface area contributed by atoms with Crippen LogP contribution in [0, 0.1) is 5.82 Å². The number of Topliss-reactive ketones (excluding diaryl/α,β-unsaturated/α-hetero) is 1. The minimum absolute atomic E-state index is 0.164. The van der Waals surface area contributed by atoms with Gasteiger partial charge in [0.2, 0.25) is 0 Å². The molecule has 0 atom stereocenters. The molecule has 0 N–H and O–H groups in total. The topological polar surface area (TPSA) is 26.3 Å². The van der Waals surface area contributed by atoms with E-state index in [1.165, 1.54) is 18.2 Å². The molecule has 0 spiro atoms. The van der Waals surface area contributed by atoms with Crippen molar-refractivity contribution >= 4 is 53.6 Å². The van der Waals surface area contributed by atoms with E-state index in [0.717, 1.165) is 4.47 Å². The fraction of sp³-hybridized carbons (Fsp3) is 0.0714. The van der Waals surface area contributed by atoms with Gasteiger partial charge in [-0.25, -0.2) is 4.39 Å². The zero-order valence-electron chi connectivity index (χ0n) is 10.00. The lowest BCUT2D eigenvalue weighted by Gasteiger charge is -2.10. The highest BCUT2D eigenvalue weighted by Crippen LogP contribution is 2.36. The fourth-order valence-corrected chi connectivity index (χ4v) is 4.04. The van der Waals surface area contributed by atoms with Crippen molar-refractivity contribution in [2.45, 2.75) is 0 Å². The number of halogens is 4. The van der Waals surface area contributed by atoms with Crippen LogP contribution >= 0.6 is 47.8 Å². The van der Waals surface area contributed by atoms with Crippen molar-refractivity contribution in [1.29, 1.82) is 0 Å². The van der Waals surface area contributed by atoms with Crippen LogP contribution in [-0.2, 0) is 0 Å². The average Bonchev–Trinajstić information content (AvgIpc) is 2.37. The van der Waals surface area contributed by atoms with Crippen molar-refractivity contribution in [3.63, 3.8) is 0 Å². The Bertz CT molecular complexity index is 636. The van der Waals surface area contributed by atoms with Crippen molar-refractivity contribution in [2.75, 3.05) is 6.61 Å². The monoisotopic (exact) mass is 464 g/mol. The molecule has 104 valence electrons. The number of hydrogen-bond acceptors (Lipinski definition) is 2. The molecule has 6 heteroatoms. The number of ether oxygens (including phenoxy) is 1. The first-order valence-corrected chi connectivity index (χ1v) is 7.91. The van der Waals surface area contributed by atoms with Crippen LogP contribution in [0.3, 0.4) is 0 Å². The Morgan fingerprint density at radius 1 is 1.10 bits per heavy atom. The molecule has 0 saturated heterocycles. The molecule has 0 aromatic heterocycles. The lowest BCUT2D eigenvalue weighted by Crippen LogP contribution is -2.12. The minimum Gasteiger partial charge on any atom is -0.483 e. The molecule has 0 heterocycles. The molecule has 0 aliphatic rings. The Labute approximate surface area is 140 Å². The first-order valence-electron chi connectivity index (χ1n) is 5.53. The van der Waals surface area contributed by atoms with Crippen molar-refractivity contribution in [3.8, 4) is 5.75 Å². The van der Waals surface area contributed by atoms with E-state index in [2.05, 4.69) is 47.8 Å². The van der Waals surface area contributed by atoms with Gasteiger partial charge in [0.15, 0.2) is 12.4 Å². The largest absolute Gasteiger partial charge is 0.483 e. The quantitative estimate of drug-likeness (QED) is 0.566. The molecule has 2 aromatic carbocycles. The standard InChI is InChI=1S/C14H8Br3FO2/c15-9-5-11(16)14(12(17)6-9)20-7-13(19)8-2-1-3-10(18)4-8/h1-6H,7H2. The van der Waals surface area contributed by atoms with E-state index in [4.69, 9.17) is 4.74 Å². The maximum Gasteiger partial charge on any atom is 0.200 e. The molecule has 20 heavy (non-hydrogen) atoms. The van der Waals surface area contributed by atoms with E-state index in [9.17, 15) is 9.18 Å². The molecular formula is C14H8Br3FO2. The van der Waals surface area contributed by atoms with Gasteiger partial charge >= 0.3 is 0 Å². The van der Waals surface area contributed by atoms with Crippen LogP contribution in [0.5, 0.6) is 5.75 Å². The second-order valence-corrected chi connectivity index (χ2v) is 6.55. The summed E-state index contributed by atoms with van der Waals surface area (Å²) >= 11 is 10.1. The number of benzene rings is 2. The molecule has 0 saturated carbocycles. The van der Waals surface area contributed by atoms with Gasteiger partial charge in [-0.1, -0.05) is 28.1 Å². The smallest absolute Gasteiger partial charge is 0.200 e. The Kier molecular flexibility index (Phi) is 5.35. The third kappa shape index (κ3) is 3.90. The summed E-state index contributed by atoms with van der Waals surface area (Å²) in [5.41, 5.74) is 0.286. The van der Waals surface area contributed by atoms with Gasteiger partial charge in [0.05, 0.1) is 8.95 Å². The van der Waals surface area contributed by atoms with E-state index >= 15 is 0 Å². The zero-order chi connectivity index (χ0) is 14.7. The van der Waals surface area contributed by atoms with Crippen LogP contribution in [0.1, 0.15) is 10.4 Å². The van der Waals surface area contributed by atoms with E-state index in [1.54, 1.807) is 6.07 Å². The predicted octanol–water partition coefficient (Wildman–Crippen LogP) is 5.37. The Hall–Kier alpha value is -0.720. The van der Waals surface area contributed by atoms with Crippen molar-refractivity contribution in [3.05, 3.63) is 61.2 Å². The van der Waals surface area contributed by atoms with Gasteiger partial charge < -0.3 is 4.74 Å². The molecule has 0 unspecified atom stereocenters. The summed E-state index contributed by atoms with van der Waals surface area (Å²) < 4.78 is 20.8. The number of hydrogen-bond donors (Lipinski definition) is 0. The molecule has 0 bridgehead atoms. The Balaban J connectivity index is 2.11. The van der Waals surface area contributed by atoms with E-state index in [0.29, 0.717) is 14.7 Å². The second kappa shape index (κ2) is 6.83. The zero-order valence-corrected chi connectivity index (χ0v) is 14.8. The molecule has 0 fully saturated rings. The SMILES string of the molecule is O=C(COc1c(Br)cc(Br)cc1Br)c1cccc(F)c1. The summed E-state index contributed by atoms with van der Waals surface area (Å²) in [6.45, 7) is -0.164. The van der Waals surface area contributed by atoms with Gasteiger partial charge in [-0.2, -0.15) is 0 Å². The van der Waals surface area contributed by atoms with Crippen LogP contribution < -0.4 is 4.74 Å². The summed E-state index contributed by atoms with van der Waals surface area (Å²) in [5.74, 6) is -0.203. The van der Waals surface area contributed by atoms with Crippen LogP contribution in [0.2, 0.25) is 0 Å². The highest BCUT2D eigenvalue weighted by Gasteiger charge is 2.12. The van der Waals surface area contributed by atoms with Crippen molar-refractivity contribution in [1.82, 2.24) is 0 Å². The first kappa shape index (κ1) is 15.7. The Morgan fingerprint density at radius 2 is 1.75 bits per heavy atom. The van der Waals surface area contributed by atoms with Gasteiger partial charge in [0, 0.05) is 10.0 Å². The van der Waals surface area contributed by atoms with Gasteiger partial charge in [-0.05, 0) is 56.1 Å². The molecule has 0 amide bonds. The average molecular weight is 467 g/mol. The minimum atomic E-state index is -0.443. The van der Waals surface area contributed by atoms with Crippen LogP contribution in [0.4, 0.5) is 4.39 Å². The molecule has 2 rings (SSSR count). The molecule has 2 nitrogen and oxygen atoms in total. The molecular weight excluding hydrogens is 459 g/mol. The van der Waals surface area contributed by atoms with E-state index in [-0.39, 0.29) is 18.0 Å².